The molecule has 2 rings (SSSR count). The Balaban J connectivity index is 2.24. The minimum atomic E-state index is 0.156. The van der Waals surface area contributed by atoms with Crippen LogP contribution in [0.4, 0.5) is 5.82 Å². The van der Waals surface area contributed by atoms with Crippen molar-refractivity contribution < 1.29 is 9.84 Å². The minimum Gasteiger partial charge on any atom is -0.396 e. The molecule has 0 aromatic carbocycles. The van der Waals surface area contributed by atoms with Crippen molar-refractivity contribution in [3.63, 3.8) is 0 Å². The standard InChI is InChI=1S/C11H17N3O2/c12-11-8-3-6-16-7-4-9(8)13-10(14-11)2-1-5-15/h15H,1-7H2,(H2,12,13,14). The van der Waals surface area contributed by atoms with Gasteiger partial charge in [0, 0.05) is 31.4 Å². The lowest BCUT2D eigenvalue weighted by Gasteiger charge is -2.09. The van der Waals surface area contributed by atoms with Crippen LogP contribution in [0, 0.1) is 0 Å². The Labute approximate surface area is 94.7 Å². The number of aromatic nitrogens is 2. The van der Waals surface area contributed by atoms with Crippen LogP contribution in [-0.2, 0) is 24.0 Å². The van der Waals surface area contributed by atoms with E-state index in [2.05, 4.69) is 9.97 Å². The number of nitrogen functional groups attached to an aromatic ring is 1. The van der Waals surface area contributed by atoms with E-state index in [1.54, 1.807) is 0 Å². The summed E-state index contributed by atoms with van der Waals surface area (Å²) in [6.45, 7) is 1.54. The third-order valence-corrected chi connectivity index (χ3v) is 2.71. The van der Waals surface area contributed by atoms with Crippen molar-refractivity contribution in [2.45, 2.75) is 25.7 Å². The van der Waals surface area contributed by atoms with Crippen molar-refractivity contribution >= 4 is 5.82 Å². The summed E-state index contributed by atoms with van der Waals surface area (Å²) < 4.78 is 5.39. The zero-order valence-corrected chi connectivity index (χ0v) is 9.28. The van der Waals surface area contributed by atoms with E-state index in [4.69, 9.17) is 15.6 Å². The zero-order chi connectivity index (χ0) is 11.4. The number of nitrogens with two attached hydrogens (primary N) is 1. The lowest BCUT2D eigenvalue weighted by molar-refractivity contribution is 0.146. The van der Waals surface area contributed by atoms with Crippen molar-refractivity contribution in [2.24, 2.45) is 0 Å². The van der Waals surface area contributed by atoms with E-state index in [9.17, 15) is 0 Å². The number of ether oxygens (including phenoxy) is 1. The molecule has 0 atom stereocenters. The maximum absolute atomic E-state index is 8.77. The van der Waals surface area contributed by atoms with Gasteiger partial charge in [-0.25, -0.2) is 9.97 Å². The van der Waals surface area contributed by atoms with Gasteiger partial charge in [-0.05, 0) is 6.42 Å². The number of hydrogen-bond acceptors (Lipinski definition) is 5. The summed E-state index contributed by atoms with van der Waals surface area (Å²) in [6.07, 6.45) is 2.94. The van der Waals surface area contributed by atoms with Crippen LogP contribution >= 0.6 is 0 Å². The minimum absolute atomic E-state index is 0.156. The fourth-order valence-corrected chi connectivity index (χ4v) is 1.88. The molecule has 1 aromatic heterocycles. The van der Waals surface area contributed by atoms with Gasteiger partial charge in [-0.15, -0.1) is 0 Å². The number of aliphatic hydroxyl groups excluding tert-OH is 1. The molecule has 0 unspecified atom stereocenters. The summed E-state index contributed by atoms with van der Waals surface area (Å²) in [7, 11) is 0. The van der Waals surface area contributed by atoms with E-state index in [0.717, 1.165) is 29.9 Å². The third-order valence-electron chi connectivity index (χ3n) is 2.71. The van der Waals surface area contributed by atoms with Gasteiger partial charge in [0.15, 0.2) is 0 Å². The number of fused-ring (bicyclic) bond motifs is 1. The van der Waals surface area contributed by atoms with Crippen LogP contribution in [0.5, 0.6) is 0 Å². The zero-order valence-electron chi connectivity index (χ0n) is 9.28. The Hall–Kier alpha value is -1.20. The Morgan fingerprint density at radius 2 is 2.06 bits per heavy atom. The molecule has 5 heteroatoms. The summed E-state index contributed by atoms with van der Waals surface area (Å²) in [6, 6.07) is 0. The van der Waals surface area contributed by atoms with Crippen molar-refractivity contribution in [3.8, 4) is 0 Å². The molecule has 0 amide bonds. The predicted octanol–water partition coefficient (Wildman–Crippen LogP) is 0.0989. The van der Waals surface area contributed by atoms with Crippen molar-refractivity contribution in [1.29, 1.82) is 0 Å². The second-order valence-electron chi connectivity index (χ2n) is 3.89. The fraction of sp³-hybridized carbons (Fsp3) is 0.636. The van der Waals surface area contributed by atoms with E-state index in [-0.39, 0.29) is 6.61 Å². The molecule has 1 aliphatic heterocycles. The van der Waals surface area contributed by atoms with Gasteiger partial charge >= 0.3 is 0 Å². The molecule has 2 heterocycles. The molecule has 1 aliphatic rings. The lowest BCUT2D eigenvalue weighted by atomic mass is 10.1. The number of hydrogen-bond donors (Lipinski definition) is 2. The number of nitrogens with zero attached hydrogens (tertiary/aromatic N) is 2. The lowest BCUT2D eigenvalue weighted by Crippen LogP contribution is -2.10. The van der Waals surface area contributed by atoms with Crippen LogP contribution in [0.3, 0.4) is 0 Å². The summed E-state index contributed by atoms with van der Waals surface area (Å²) in [5.74, 6) is 1.30. The first-order valence-electron chi connectivity index (χ1n) is 5.64. The van der Waals surface area contributed by atoms with E-state index < -0.39 is 0 Å². The molecule has 5 nitrogen and oxygen atoms in total. The highest BCUT2D eigenvalue weighted by Gasteiger charge is 2.14. The van der Waals surface area contributed by atoms with E-state index in [0.29, 0.717) is 31.9 Å². The molecule has 0 spiro atoms. The van der Waals surface area contributed by atoms with Crippen LogP contribution in [0.1, 0.15) is 23.5 Å². The molecule has 0 radical (unpaired) electrons. The first kappa shape index (κ1) is 11.3. The first-order valence-corrected chi connectivity index (χ1v) is 5.64. The van der Waals surface area contributed by atoms with E-state index in [1.807, 2.05) is 0 Å². The van der Waals surface area contributed by atoms with Gasteiger partial charge < -0.3 is 15.6 Å². The van der Waals surface area contributed by atoms with Gasteiger partial charge in [-0.1, -0.05) is 0 Å². The van der Waals surface area contributed by atoms with Gasteiger partial charge in [-0.2, -0.15) is 0 Å². The Kier molecular flexibility index (Phi) is 3.69. The summed E-state index contributed by atoms with van der Waals surface area (Å²) in [4.78, 5) is 8.76. The number of aryl methyl sites for hydroxylation is 1. The molecular formula is C11H17N3O2. The molecule has 1 aromatic rings. The largest absolute Gasteiger partial charge is 0.396 e. The summed E-state index contributed by atoms with van der Waals surface area (Å²) >= 11 is 0. The van der Waals surface area contributed by atoms with Crippen molar-refractivity contribution in [3.05, 3.63) is 17.1 Å². The third kappa shape index (κ3) is 2.48. The van der Waals surface area contributed by atoms with Crippen LogP contribution in [0.15, 0.2) is 0 Å². The Bertz CT molecular complexity index is 368. The SMILES string of the molecule is Nc1nc(CCCO)nc2c1CCOCC2. The molecule has 88 valence electrons. The molecule has 0 fully saturated rings. The van der Waals surface area contributed by atoms with Gasteiger partial charge in [0.2, 0.25) is 0 Å². The quantitative estimate of drug-likeness (QED) is 0.759. The average Bonchev–Trinajstić information content (AvgIpc) is 2.51. The highest BCUT2D eigenvalue weighted by atomic mass is 16.5. The van der Waals surface area contributed by atoms with Crippen molar-refractivity contribution in [2.75, 3.05) is 25.6 Å². The van der Waals surface area contributed by atoms with Crippen LogP contribution in [0.25, 0.3) is 0 Å². The molecule has 3 N–H and O–H groups in total. The van der Waals surface area contributed by atoms with Gasteiger partial charge in [0.05, 0.1) is 18.9 Å². The van der Waals surface area contributed by atoms with Gasteiger partial charge in [0.1, 0.15) is 11.6 Å². The van der Waals surface area contributed by atoms with E-state index >= 15 is 0 Å². The molecule has 0 aliphatic carbocycles. The van der Waals surface area contributed by atoms with Crippen LogP contribution in [-0.4, -0.2) is 34.9 Å². The summed E-state index contributed by atoms with van der Waals surface area (Å²) in [5, 5.41) is 8.77. The average molecular weight is 223 g/mol. The summed E-state index contributed by atoms with van der Waals surface area (Å²) in [5.41, 5.74) is 7.96. The number of anilines is 1. The number of rotatable bonds is 3. The topological polar surface area (TPSA) is 81.3 Å². The van der Waals surface area contributed by atoms with Crippen LogP contribution < -0.4 is 5.73 Å². The predicted molar refractivity (Wildman–Crippen MR) is 60.1 cm³/mol. The molecule has 16 heavy (non-hydrogen) atoms. The highest BCUT2D eigenvalue weighted by Crippen LogP contribution is 2.18. The highest BCUT2D eigenvalue weighted by molar-refractivity contribution is 5.43. The second-order valence-corrected chi connectivity index (χ2v) is 3.89. The second kappa shape index (κ2) is 5.23. The van der Waals surface area contributed by atoms with Gasteiger partial charge in [-0.3, -0.25) is 0 Å². The molecular weight excluding hydrogens is 206 g/mol. The number of aliphatic hydroxyl groups is 1. The smallest absolute Gasteiger partial charge is 0.131 e. The maximum atomic E-state index is 8.77. The van der Waals surface area contributed by atoms with Crippen LogP contribution in [0.2, 0.25) is 0 Å². The maximum Gasteiger partial charge on any atom is 0.131 e. The molecule has 0 saturated carbocycles. The van der Waals surface area contributed by atoms with Crippen molar-refractivity contribution in [1.82, 2.24) is 9.97 Å². The van der Waals surface area contributed by atoms with Gasteiger partial charge in [0.25, 0.3) is 0 Å². The molecule has 0 bridgehead atoms. The monoisotopic (exact) mass is 223 g/mol. The Morgan fingerprint density at radius 3 is 2.88 bits per heavy atom. The fourth-order valence-electron chi connectivity index (χ4n) is 1.88. The Morgan fingerprint density at radius 1 is 1.25 bits per heavy atom. The molecule has 0 saturated heterocycles. The normalized spacial score (nSPS) is 15.6. The van der Waals surface area contributed by atoms with E-state index in [1.165, 1.54) is 0 Å². The first-order chi connectivity index (χ1) is 7.81.